The molecule has 1 atom stereocenters. The average Bonchev–Trinajstić information content (AvgIpc) is 3.47. The van der Waals surface area contributed by atoms with Gasteiger partial charge in [-0.3, -0.25) is 9.78 Å². The average molecular weight is 575 g/mol. The molecule has 0 fully saturated rings. The SMILES string of the molecule is COc1cccc(-c2nc3n(n2)C(c2ccc(OCc4ccccc4)c(OC)c2)C(C(=O)Nc2cccnc2)=C(C)N3)c1. The van der Waals surface area contributed by atoms with Crippen molar-refractivity contribution >= 4 is 17.5 Å². The van der Waals surface area contributed by atoms with Gasteiger partial charge in [0, 0.05) is 17.5 Å². The number of carbonyl (C=O) groups excluding carboxylic acids is 1. The predicted octanol–water partition coefficient (Wildman–Crippen LogP) is 5.86. The Hall–Kier alpha value is -5.64. The highest BCUT2D eigenvalue weighted by Gasteiger charge is 2.35. The van der Waals surface area contributed by atoms with E-state index in [1.54, 1.807) is 43.4 Å². The first-order valence-electron chi connectivity index (χ1n) is 13.7. The molecule has 1 amide bonds. The maximum atomic E-state index is 13.8. The predicted molar refractivity (Wildman–Crippen MR) is 163 cm³/mol. The molecule has 0 saturated heterocycles. The van der Waals surface area contributed by atoms with Crippen LogP contribution in [0.4, 0.5) is 11.6 Å². The zero-order chi connectivity index (χ0) is 29.8. The Bertz CT molecular complexity index is 1790. The van der Waals surface area contributed by atoms with Gasteiger partial charge in [-0.05, 0) is 54.4 Å². The molecular weight excluding hydrogens is 544 g/mol. The Morgan fingerprint density at radius 2 is 1.81 bits per heavy atom. The van der Waals surface area contributed by atoms with Crippen LogP contribution in [0.5, 0.6) is 17.2 Å². The van der Waals surface area contributed by atoms with E-state index in [2.05, 4.69) is 15.6 Å². The van der Waals surface area contributed by atoms with Crippen molar-refractivity contribution < 1.29 is 19.0 Å². The van der Waals surface area contributed by atoms with Gasteiger partial charge in [0.1, 0.15) is 18.4 Å². The second kappa shape index (κ2) is 12.1. The van der Waals surface area contributed by atoms with E-state index in [0.717, 1.165) is 16.7 Å². The summed E-state index contributed by atoms with van der Waals surface area (Å²) in [5.74, 6) is 2.50. The fraction of sp³-hybridized carbons (Fsp3) is 0.152. The lowest BCUT2D eigenvalue weighted by atomic mass is 9.94. The van der Waals surface area contributed by atoms with Crippen LogP contribution in [0.3, 0.4) is 0 Å². The molecule has 0 saturated carbocycles. The van der Waals surface area contributed by atoms with Crippen molar-refractivity contribution in [2.45, 2.75) is 19.6 Å². The number of allylic oxidation sites excluding steroid dienone is 1. The first-order chi connectivity index (χ1) is 21.0. The van der Waals surface area contributed by atoms with Crippen LogP contribution in [0.2, 0.25) is 0 Å². The largest absolute Gasteiger partial charge is 0.497 e. The van der Waals surface area contributed by atoms with Crippen LogP contribution in [0, 0.1) is 0 Å². The van der Waals surface area contributed by atoms with Gasteiger partial charge in [-0.2, -0.15) is 4.98 Å². The van der Waals surface area contributed by atoms with E-state index < -0.39 is 6.04 Å². The fourth-order valence-electron chi connectivity index (χ4n) is 4.98. The molecule has 0 bridgehead atoms. The van der Waals surface area contributed by atoms with Crippen LogP contribution in [-0.2, 0) is 11.4 Å². The number of aromatic nitrogens is 4. The summed E-state index contributed by atoms with van der Waals surface area (Å²) in [6.07, 6.45) is 3.25. The van der Waals surface area contributed by atoms with E-state index in [1.807, 2.05) is 79.7 Å². The molecule has 2 N–H and O–H groups in total. The third-order valence-corrected chi connectivity index (χ3v) is 7.09. The minimum Gasteiger partial charge on any atom is -0.497 e. The van der Waals surface area contributed by atoms with Crippen molar-refractivity contribution in [3.63, 3.8) is 0 Å². The second-order valence-corrected chi connectivity index (χ2v) is 9.88. The Kier molecular flexibility index (Phi) is 7.73. The monoisotopic (exact) mass is 574 g/mol. The van der Waals surface area contributed by atoms with E-state index in [4.69, 9.17) is 24.3 Å². The summed E-state index contributed by atoms with van der Waals surface area (Å²) < 4.78 is 19.0. The maximum Gasteiger partial charge on any atom is 0.255 e. The molecule has 0 aliphatic carbocycles. The van der Waals surface area contributed by atoms with Gasteiger partial charge >= 0.3 is 0 Å². The van der Waals surface area contributed by atoms with E-state index in [-0.39, 0.29) is 5.91 Å². The van der Waals surface area contributed by atoms with Crippen LogP contribution in [0.25, 0.3) is 11.4 Å². The third kappa shape index (κ3) is 5.76. The lowest BCUT2D eigenvalue weighted by Gasteiger charge is -2.29. The molecule has 0 radical (unpaired) electrons. The molecule has 3 heterocycles. The number of methoxy groups -OCH3 is 2. The Balaban J connectivity index is 1.41. The number of pyridine rings is 1. The van der Waals surface area contributed by atoms with Crippen molar-refractivity contribution in [2.24, 2.45) is 0 Å². The quantitative estimate of drug-likeness (QED) is 0.225. The summed E-state index contributed by atoms with van der Waals surface area (Å²) >= 11 is 0. The summed E-state index contributed by atoms with van der Waals surface area (Å²) in [4.78, 5) is 22.7. The highest BCUT2D eigenvalue weighted by molar-refractivity contribution is 6.06. The van der Waals surface area contributed by atoms with Gasteiger partial charge in [-0.15, -0.1) is 5.10 Å². The van der Waals surface area contributed by atoms with Gasteiger partial charge in [-0.1, -0.05) is 48.5 Å². The van der Waals surface area contributed by atoms with Gasteiger partial charge in [0.2, 0.25) is 5.95 Å². The summed E-state index contributed by atoms with van der Waals surface area (Å²) in [6, 6.07) is 26.0. The zero-order valence-corrected chi connectivity index (χ0v) is 23.9. The topological polar surface area (TPSA) is 112 Å². The number of ether oxygens (including phenoxy) is 3. The lowest BCUT2D eigenvalue weighted by molar-refractivity contribution is -0.113. The standard InChI is InChI=1S/C33H30N6O4/c1-21-29(32(40)36-25-12-8-16-34-19-25)30(39-33(35-21)37-31(38-39)24-11-7-13-26(17-24)41-2)23-14-15-27(28(18-23)42-3)43-20-22-9-5-4-6-10-22/h4-19,30H,20H2,1-3H3,(H,36,40)(H,35,37,38). The number of rotatable bonds is 9. The Labute approximate surface area is 249 Å². The van der Waals surface area contributed by atoms with E-state index in [0.29, 0.717) is 52.6 Å². The van der Waals surface area contributed by atoms with Gasteiger partial charge in [0.15, 0.2) is 17.3 Å². The van der Waals surface area contributed by atoms with Crippen molar-refractivity contribution in [3.8, 4) is 28.6 Å². The summed E-state index contributed by atoms with van der Waals surface area (Å²) in [6.45, 7) is 2.24. The number of benzene rings is 3. The van der Waals surface area contributed by atoms with Crippen LogP contribution in [-0.4, -0.2) is 39.9 Å². The molecule has 1 unspecified atom stereocenters. The van der Waals surface area contributed by atoms with E-state index in [9.17, 15) is 4.79 Å². The van der Waals surface area contributed by atoms with Crippen molar-refractivity contribution in [3.05, 3.63) is 120 Å². The number of carbonyl (C=O) groups is 1. The second-order valence-electron chi connectivity index (χ2n) is 9.88. The van der Waals surface area contributed by atoms with Crippen molar-refractivity contribution in [1.29, 1.82) is 0 Å². The highest BCUT2D eigenvalue weighted by Crippen LogP contribution is 2.40. The number of amides is 1. The molecule has 5 aromatic rings. The van der Waals surface area contributed by atoms with Crippen molar-refractivity contribution in [1.82, 2.24) is 19.7 Å². The molecule has 6 rings (SSSR count). The van der Waals surface area contributed by atoms with Gasteiger partial charge in [0.05, 0.1) is 31.7 Å². The highest BCUT2D eigenvalue weighted by atomic mass is 16.5. The minimum atomic E-state index is -0.628. The van der Waals surface area contributed by atoms with Gasteiger partial charge in [-0.25, -0.2) is 4.68 Å². The smallest absolute Gasteiger partial charge is 0.255 e. The molecule has 2 aromatic heterocycles. The minimum absolute atomic E-state index is 0.296. The van der Waals surface area contributed by atoms with Gasteiger partial charge in [0.25, 0.3) is 5.91 Å². The Morgan fingerprint density at radius 1 is 0.953 bits per heavy atom. The number of hydrogen-bond acceptors (Lipinski definition) is 8. The Morgan fingerprint density at radius 3 is 2.58 bits per heavy atom. The molecule has 1 aliphatic heterocycles. The third-order valence-electron chi connectivity index (χ3n) is 7.09. The summed E-state index contributed by atoms with van der Waals surface area (Å²) in [5, 5.41) is 11.1. The molecule has 10 heteroatoms. The molecule has 43 heavy (non-hydrogen) atoms. The van der Waals surface area contributed by atoms with E-state index >= 15 is 0 Å². The molecule has 216 valence electrons. The number of hydrogen-bond donors (Lipinski definition) is 2. The normalized spacial score (nSPS) is 14.0. The summed E-state index contributed by atoms with van der Waals surface area (Å²) in [7, 11) is 3.21. The molecule has 3 aromatic carbocycles. The number of fused-ring (bicyclic) bond motifs is 1. The fourth-order valence-corrected chi connectivity index (χ4v) is 4.98. The van der Waals surface area contributed by atoms with Crippen LogP contribution in [0.15, 0.2) is 109 Å². The molecule has 10 nitrogen and oxygen atoms in total. The van der Waals surface area contributed by atoms with Crippen LogP contribution in [0.1, 0.15) is 24.1 Å². The van der Waals surface area contributed by atoms with Gasteiger partial charge < -0.3 is 24.8 Å². The van der Waals surface area contributed by atoms with Crippen molar-refractivity contribution in [2.75, 3.05) is 24.9 Å². The zero-order valence-electron chi connectivity index (χ0n) is 23.9. The summed E-state index contributed by atoms with van der Waals surface area (Å²) in [5.41, 5.74) is 4.28. The number of nitrogens with one attached hydrogen (secondary N) is 2. The molecule has 1 aliphatic rings. The number of anilines is 2. The maximum absolute atomic E-state index is 13.8. The first kappa shape index (κ1) is 27.5. The first-order valence-corrected chi connectivity index (χ1v) is 13.7. The lowest BCUT2D eigenvalue weighted by Crippen LogP contribution is -2.31. The van der Waals surface area contributed by atoms with E-state index in [1.165, 1.54) is 0 Å². The molecule has 0 spiro atoms. The molecular formula is C33H30N6O4. The number of nitrogens with zero attached hydrogens (tertiary/aromatic N) is 4. The van der Waals surface area contributed by atoms with Crippen LogP contribution >= 0.6 is 0 Å². The van der Waals surface area contributed by atoms with Crippen LogP contribution < -0.4 is 24.8 Å².